The molecule has 0 amide bonds. The van der Waals surface area contributed by atoms with Crippen molar-refractivity contribution >= 4 is 5.84 Å². The number of aryl methyl sites for hydroxylation is 2. The van der Waals surface area contributed by atoms with Gasteiger partial charge in [-0.2, -0.15) is 0 Å². The van der Waals surface area contributed by atoms with E-state index in [-0.39, 0.29) is 5.84 Å². The number of aromatic nitrogens is 2. The zero-order valence-electron chi connectivity index (χ0n) is 12.2. The first-order valence-corrected chi connectivity index (χ1v) is 6.66. The molecule has 0 unspecified atom stereocenters. The second-order valence-electron chi connectivity index (χ2n) is 4.88. The van der Waals surface area contributed by atoms with Crippen LogP contribution >= 0.6 is 0 Å². The second-order valence-corrected chi connectivity index (χ2v) is 4.88. The van der Waals surface area contributed by atoms with Gasteiger partial charge in [-0.05, 0) is 31.0 Å². The molecule has 0 aliphatic rings. The summed E-state index contributed by atoms with van der Waals surface area (Å²) in [5, 5.41) is 15.0. The van der Waals surface area contributed by atoms with Crippen LogP contribution in [0, 0.1) is 13.8 Å². The van der Waals surface area contributed by atoms with Gasteiger partial charge < -0.3 is 16.3 Å². The molecule has 2 aromatic rings. The molecule has 0 saturated heterocycles. The van der Waals surface area contributed by atoms with Crippen LogP contribution < -0.4 is 11.1 Å². The lowest BCUT2D eigenvalue weighted by Gasteiger charge is -2.09. The first kappa shape index (κ1) is 14.9. The maximum Gasteiger partial charge on any atom is 0.170 e. The van der Waals surface area contributed by atoms with Crippen molar-refractivity contribution in [1.82, 2.24) is 15.3 Å². The molecule has 1 aromatic carbocycles. The first-order chi connectivity index (χ1) is 10.1. The number of hydrogen-bond acceptors (Lipinski definition) is 5. The number of nitrogens with one attached hydrogen (secondary N) is 1. The van der Waals surface area contributed by atoms with Crippen molar-refractivity contribution < 1.29 is 5.21 Å². The highest BCUT2D eigenvalue weighted by Crippen LogP contribution is 2.11. The van der Waals surface area contributed by atoms with E-state index >= 15 is 0 Å². The van der Waals surface area contributed by atoms with Crippen LogP contribution in [0.15, 0.2) is 35.7 Å². The lowest BCUT2D eigenvalue weighted by molar-refractivity contribution is 0.318. The summed E-state index contributed by atoms with van der Waals surface area (Å²) >= 11 is 0. The fourth-order valence-electron chi connectivity index (χ4n) is 1.95. The van der Waals surface area contributed by atoms with E-state index in [0.29, 0.717) is 12.1 Å². The Morgan fingerprint density at radius 3 is 2.67 bits per heavy atom. The topological polar surface area (TPSA) is 96.4 Å². The second kappa shape index (κ2) is 6.81. The number of nitrogens with zero attached hydrogens (tertiary/aromatic N) is 3. The zero-order chi connectivity index (χ0) is 15.2. The Hall–Kier alpha value is -2.47. The fourth-order valence-corrected chi connectivity index (χ4v) is 1.95. The summed E-state index contributed by atoms with van der Waals surface area (Å²) in [6, 6.07) is 5.71. The Balaban J connectivity index is 1.96. The number of benzene rings is 1. The van der Waals surface area contributed by atoms with Crippen LogP contribution in [0.2, 0.25) is 0 Å². The van der Waals surface area contributed by atoms with Crippen LogP contribution in [-0.4, -0.2) is 21.0 Å². The van der Waals surface area contributed by atoms with E-state index in [1.165, 1.54) is 0 Å². The van der Waals surface area contributed by atoms with Gasteiger partial charge in [0.2, 0.25) is 0 Å². The van der Waals surface area contributed by atoms with Gasteiger partial charge in [0.05, 0.1) is 11.4 Å². The van der Waals surface area contributed by atoms with Crippen molar-refractivity contribution in [1.29, 1.82) is 0 Å². The quantitative estimate of drug-likeness (QED) is 0.334. The molecule has 0 spiro atoms. The molecule has 6 heteroatoms. The molecule has 1 heterocycles. The Bertz CT molecular complexity index is 637. The summed E-state index contributed by atoms with van der Waals surface area (Å²) in [6.07, 6.45) is 3.53. The maximum absolute atomic E-state index is 8.67. The standard InChI is InChI=1S/C15H19N5O/c1-10-5-12(15(16)20-21)3-4-13(10)7-17-8-14-9-18-11(2)6-19-14/h3-6,9,17,21H,7-8H2,1-2H3,(H2,16,20). The van der Waals surface area contributed by atoms with Gasteiger partial charge >= 0.3 is 0 Å². The largest absolute Gasteiger partial charge is 0.409 e. The summed E-state index contributed by atoms with van der Waals surface area (Å²) in [7, 11) is 0. The predicted octanol–water partition coefficient (Wildman–Crippen LogP) is 1.48. The van der Waals surface area contributed by atoms with E-state index in [4.69, 9.17) is 10.9 Å². The summed E-state index contributed by atoms with van der Waals surface area (Å²) in [5.41, 5.74) is 10.3. The summed E-state index contributed by atoms with van der Waals surface area (Å²) in [5.74, 6) is 0.118. The maximum atomic E-state index is 8.67. The highest BCUT2D eigenvalue weighted by molar-refractivity contribution is 5.97. The van der Waals surface area contributed by atoms with Crippen LogP contribution in [0.5, 0.6) is 0 Å². The van der Waals surface area contributed by atoms with Gasteiger partial charge in [-0.25, -0.2) is 0 Å². The lowest BCUT2D eigenvalue weighted by Crippen LogP contribution is -2.16. The van der Waals surface area contributed by atoms with Gasteiger partial charge in [0.15, 0.2) is 5.84 Å². The zero-order valence-corrected chi connectivity index (χ0v) is 12.2. The van der Waals surface area contributed by atoms with Crippen molar-refractivity contribution in [3.8, 4) is 0 Å². The molecule has 21 heavy (non-hydrogen) atoms. The third-order valence-electron chi connectivity index (χ3n) is 3.20. The number of hydrogen-bond donors (Lipinski definition) is 3. The van der Waals surface area contributed by atoms with E-state index in [1.807, 2.05) is 32.0 Å². The SMILES string of the molecule is Cc1cnc(CNCc2ccc(/C(N)=N/O)cc2C)cn1. The lowest BCUT2D eigenvalue weighted by atomic mass is 10.0. The van der Waals surface area contributed by atoms with Gasteiger partial charge in [-0.15, -0.1) is 0 Å². The summed E-state index contributed by atoms with van der Waals surface area (Å²) in [4.78, 5) is 8.50. The molecule has 0 saturated carbocycles. The first-order valence-electron chi connectivity index (χ1n) is 6.66. The van der Waals surface area contributed by atoms with Gasteiger partial charge in [0.1, 0.15) is 0 Å². The Labute approximate surface area is 123 Å². The normalized spacial score (nSPS) is 11.6. The molecule has 0 bridgehead atoms. The molecular weight excluding hydrogens is 266 g/mol. The highest BCUT2D eigenvalue weighted by Gasteiger charge is 2.04. The van der Waals surface area contributed by atoms with Crippen LogP contribution in [0.25, 0.3) is 0 Å². The number of amidine groups is 1. The average Bonchev–Trinajstić information content (AvgIpc) is 2.50. The minimum atomic E-state index is 0.118. The smallest absolute Gasteiger partial charge is 0.170 e. The van der Waals surface area contributed by atoms with Gasteiger partial charge in [0, 0.05) is 31.0 Å². The van der Waals surface area contributed by atoms with Crippen molar-refractivity contribution in [2.75, 3.05) is 0 Å². The van der Waals surface area contributed by atoms with Gasteiger partial charge in [-0.1, -0.05) is 17.3 Å². The minimum absolute atomic E-state index is 0.118. The van der Waals surface area contributed by atoms with Crippen LogP contribution in [0.4, 0.5) is 0 Å². The fraction of sp³-hybridized carbons (Fsp3) is 0.267. The van der Waals surface area contributed by atoms with E-state index in [9.17, 15) is 0 Å². The van der Waals surface area contributed by atoms with Crippen LogP contribution in [0.1, 0.15) is 28.1 Å². The summed E-state index contributed by atoms with van der Waals surface area (Å²) in [6.45, 7) is 5.29. The number of nitrogens with two attached hydrogens (primary N) is 1. The molecule has 110 valence electrons. The third-order valence-corrected chi connectivity index (χ3v) is 3.20. The van der Waals surface area contributed by atoms with Crippen molar-refractivity contribution in [2.45, 2.75) is 26.9 Å². The van der Waals surface area contributed by atoms with Crippen molar-refractivity contribution in [2.24, 2.45) is 10.9 Å². The highest BCUT2D eigenvalue weighted by atomic mass is 16.4. The molecule has 0 fully saturated rings. The molecule has 0 radical (unpaired) electrons. The van der Waals surface area contributed by atoms with E-state index < -0.39 is 0 Å². The number of rotatable bonds is 5. The van der Waals surface area contributed by atoms with Gasteiger partial charge in [0.25, 0.3) is 0 Å². The van der Waals surface area contributed by atoms with Crippen LogP contribution in [-0.2, 0) is 13.1 Å². The monoisotopic (exact) mass is 285 g/mol. The molecule has 6 nitrogen and oxygen atoms in total. The summed E-state index contributed by atoms with van der Waals surface area (Å²) < 4.78 is 0. The molecule has 0 aliphatic heterocycles. The molecule has 4 N–H and O–H groups in total. The van der Waals surface area contributed by atoms with Gasteiger partial charge in [-0.3, -0.25) is 9.97 Å². The predicted molar refractivity (Wildman–Crippen MR) is 81.0 cm³/mol. The minimum Gasteiger partial charge on any atom is -0.409 e. The molecule has 0 atom stereocenters. The molecule has 0 aliphatic carbocycles. The third kappa shape index (κ3) is 4.00. The van der Waals surface area contributed by atoms with Crippen molar-refractivity contribution in [3.05, 3.63) is 58.7 Å². The van der Waals surface area contributed by atoms with E-state index in [2.05, 4.69) is 20.4 Å². The Kier molecular flexibility index (Phi) is 4.84. The Morgan fingerprint density at radius 2 is 2.05 bits per heavy atom. The average molecular weight is 285 g/mol. The van der Waals surface area contributed by atoms with Crippen molar-refractivity contribution in [3.63, 3.8) is 0 Å². The molecular formula is C15H19N5O. The van der Waals surface area contributed by atoms with Crippen LogP contribution in [0.3, 0.4) is 0 Å². The molecule has 1 aromatic heterocycles. The van der Waals surface area contributed by atoms with E-state index in [1.54, 1.807) is 12.4 Å². The van der Waals surface area contributed by atoms with E-state index in [0.717, 1.165) is 29.1 Å². The Morgan fingerprint density at radius 1 is 1.24 bits per heavy atom. The molecule has 2 rings (SSSR count). The number of oxime groups is 1.